The second-order valence-electron chi connectivity index (χ2n) is 4.63. The Morgan fingerprint density at radius 2 is 1.65 bits per heavy atom. The summed E-state index contributed by atoms with van der Waals surface area (Å²) < 4.78 is 5.06. The third-order valence-electron chi connectivity index (χ3n) is 3.07. The molecule has 20 heavy (non-hydrogen) atoms. The maximum Gasteiger partial charge on any atom is 0.253 e. The molecule has 1 heterocycles. The number of epoxide rings is 1. The van der Waals surface area contributed by atoms with Gasteiger partial charge in [0.25, 0.3) is 5.91 Å². The molecule has 0 saturated carbocycles. The first-order valence-corrected chi connectivity index (χ1v) is 6.57. The highest BCUT2D eigenvalue weighted by Gasteiger charge is 2.26. The summed E-state index contributed by atoms with van der Waals surface area (Å²) in [5, 5.41) is 2.84. The van der Waals surface area contributed by atoms with Crippen LogP contribution in [-0.2, 0) is 9.53 Å². The molecule has 0 aromatic heterocycles. The molecule has 0 radical (unpaired) electrons. The second-order valence-corrected chi connectivity index (χ2v) is 4.63. The van der Waals surface area contributed by atoms with Gasteiger partial charge in [-0.3, -0.25) is 4.79 Å². The number of ether oxygens (including phenoxy) is 1. The SMILES string of the molecule is O=C(NC1CO1)/C(=C/c1ccccc1)c1ccccc1. The van der Waals surface area contributed by atoms with Crippen molar-refractivity contribution in [2.24, 2.45) is 0 Å². The normalized spacial score (nSPS) is 17.6. The summed E-state index contributed by atoms with van der Waals surface area (Å²) in [5.41, 5.74) is 2.54. The van der Waals surface area contributed by atoms with Crippen molar-refractivity contribution in [3.8, 4) is 0 Å². The summed E-state index contributed by atoms with van der Waals surface area (Å²) in [4.78, 5) is 12.3. The monoisotopic (exact) mass is 265 g/mol. The van der Waals surface area contributed by atoms with Crippen molar-refractivity contribution in [2.45, 2.75) is 6.23 Å². The molecular weight excluding hydrogens is 250 g/mol. The molecule has 0 aliphatic carbocycles. The van der Waals surface area contributed by atoms with Gasteiger partial charge in [-0.15, -0.1) is 0 Å². The molecule has 1 atom stereocenters. The predicted octanol–water partition coefficient (Wildman–Crippen LogP) is 2.70. The van der Waals surface area contributed by atoms with Gasteiger partial charge in [-0.1, -0.05) is 60.7 Å². The van der Waals surface area contributed by atoms with E-state index in [0.717, 1.165) is 11.1 Å². The maximum absolute atomic E-state index is 12.3. The Morgan fingerprint density at radius 1 is 1.05 bits per heavy atom. The van der Waals surface area contributed by atoms with E-state index in [1.807, 2.05) is 66.7 Å². The van der Waals surface area contributed by atoms with E-state index in [1.165, 1.54) is 0 Å². The van der Waals surface area contributed by atoms with Crippen LogP contribution < -0.4 is 5.32 Å². The average Bonchev–Trinajstić information content (AvgIpc) is 3.30. The number of rotatable bonds is 4. The average molecular weight is 265 g/mol. The van der Waals surface area contributed by atoms with Crippen molar-refractivity contribution in [3.05, 3.63) is 71.8 Å². The molecule has 1 aliphatic rings. The third kappa shape index (κ3) is 3.13. The molecule has 0 bridgehead atoms. The molecule has 2 aromatic rings. The van der Waals surface area contributed by atoms with E-state index in [0.29, 0.717) is 12.2 Å². The largest absolute Gasteiger partial charge is 0.351 e. The Labute approximate surface area is 117 Å². The van der Waals surface area contributed by atoms with Crippen LogP contribution >= 0.6 is 0 Å². The van der Waals surface area contributed by atoms with Gasteiger partial charge < -0.3 is 10.1 Å². The molecule has 2 aromatic carbocycles. The highest BCUT2D eigenvalue weighted by Crippen LogP contribution is 2.19. The fraction of sp³-hybridized carbons (Fsp3) is 0.118. The van der Waals surface area contributed by atoms with Gasteiger partial charge in [0.05, 0.1) is 6.61 Å². The Bertz CT molecular complexity index is 616. The van der Waals surface area contributed by atoms with E-state index >= 15 is 0 Å². The number of amides is 1. The number of carbonyl (C=O) groups excluding carboxylic acids is 1. The van der Waals surface area contributed by atoms with Gasteiger partial charge >= 0.3 is 0 Å². The van der Waals surface area contributed by atoms with E-state index in [1.54, 1.807) is 0 Å². The molecule has 1 N–H and O–H groups in total. The maximum atomic E-state index is 12.3. The third-order valence-corrected chi connectivity index (χ3v) is 3.07. The van der Waals surface area contributed by atoms with E-state index in [9.17, 15) is 4.79 Å². The van der Waals surface area contributed by atoms with E-state index < -0.39 is 0 Å². The molecular formula is C17H15NO2. The van der Waals surface area contributed by atoms with Crippen LogP contribution in [0.2, 0.25) is 0 Å². The summed E-state index contributed by atoms with van der Waals surface area (Å²) in [6, 6.07) is 19.5. The van der Waals surface area contributed by atoms with Crippen LogP contribution in [0.3, 0.4) is 0 Å². The van der Waals surface area contributed by atoms with Gasteiger partial charge in [-0.05, 0) is 17.2 Å². The number of benzene rings is 2. The summed E-state index contributed by atoms with van der Waals surface area (Å²) in [6.07, 6.45) is 1.76. The zero-order chi connectivity index (χ0) is 13.8. The molecule has 1 unspecified atom stereocenters. The van der Waals surface area contributed by atoms with Crippen LogP contribution in [0.25, 0.3) is 11.6 Å². The van der Waals surface area contributed by atoms with Crippen molar-refractivity contribution in [1.82, 2.24) is 5.32 Å². The Hall–Kier alpha value is -2.39. The van der Waals surface area contributed by atoms with Crippen LogP contribution in [0.4, 0.5) is 0 Å². The number of nitrogens with one attached hydrogen (secondary N) is 1. The molecule has 1 aliphatic heterocycles. The van der Waals surface area contributed by atoms with Gasteiger partial charge in [0.15, 0.2) is 6.23 Å². The topological polar surface area (TPSA) is 41.6 Å². The fourth-order valence-electron chi connectivity index (χ4n) is 1.97. The van der Waals surface area contributed by atoms with Crippen LogP contribution in [-0.4, -0.2) is 18.7 Å². The Balaban J connectivity index is 1.94. The number of hydrogen-bond donors (Lipinski definition) is 1. The van der Waals surface area contributed by atoms with Gasteiger partial charge in [-0.2, -0.15) is 0 Å². The van der Waals surface area contributed by atoms with E-state index in [4.69, 9.17) is 4.74 Å². The minimum Gasteiger partial charge on any atom is -0.351 e. The van der Waals surface area contributed by atoms with Crippen molar-refractivity contribution in [3.63, 3.8) is 0 Å². The Kier molecular flexibility index (Phi) is 3.61. The molecule has 3 heteroatoms. The second kappa shape index (κ2) is 5.72. The van der Waals surface area contributed by atoms with Crippen LogP contribution in [0.15, 0.2) is 60.7 Å². The molecule has 1 fully saturated rings. The molecule has 100 valence electrons. The van der Waals surface area contributed by atoms with Gasteiger partial charge in [0.2, 0.25) is 0 Å². The summed E-state index contributed by atoms with van der Waals surface area (Å²) in [7, 11) is 0. The standard InChI is InChI=1S/C17H15NO2/c19-17(18-16-12-20-16)15(14-9-5-2-6-10-14)11-13-7-3-1-4-8-13/h1-11,16H,12H2,(H,18,19)/b15-11+. The van der Waals surface area contributed by atoms with E-state index in [2.05, 4.69) is 5.32 Å². The highest BCUT2D eigenvalue weighted by molar-refractivity contribution is 6.24. The zero-order valence-corrected chi connectivity index (χ0v) is 11.0. The van der Waals surface area contributed by atoms with Gasteiger partial charge in [-0.25, -0.2) is 0 Å². The lowest BCUT2D eigenvalue weighted by atomic mass is 10.0. The van der Waals surface area contributed by atoms with Crippen molar-refractivity contribution in [2.75, 3.05) is 6.61 Å². The summed E-state index contributed by atoms with van der Waals surface area (Å²) in [6.45, 7) is 0.596. The fourth-order valence-corrected chi connectivity index (χ4v) is 1.97. The minimum absolute atomic E-state index is 0.109. The first kappa shape index (κ1) is 12.6. The Morgan fingerprint density at radius 3 is 2.25 bits per heavy atom. The minimum atomic E-state index is -0.134. The molecule has 3 rings (SSSR count). The van der Waals surface area contributed by atoms with Crippen LogP contribution in [0, 0.1) is 0 Å². The lowest BCUT2D eigenvalue weighted by Gasteiger charge is -2.08. The van der Waals surface area contributed by atoms with Crippen LogP contribution in [0.5, 0.6) is 0 Å². The van der Waals surface area contributed by atoms with E-state index in [-0.39, 0.29) is 12.1 Å². The summed E-state index contributed by atoms with van der Waals surface area (Å²) in [5.74, 6) is -0.109. The summed E-state index contributed by atoms with van der Waals surface area (Å²) >= 11 is 0. The van der Waals surface area contributed by atoms with Crippen molar-refractivity contribution in [1.29, 1.82) is 0 Å². The first-order valence-electron chi connectivity index (χ1n) is 6.57. The zero-order valence-electron chi connectivity index (χ0n) is 11.0. The van der Waals surface area contributed by atoms with Crippen molar-refractivity contribution < 1.29 is 9.53 Å². The quantitative estimate of drug-likeness (QED) is 0.524. The van der Waals surface area contributed by atoms with Crippen LogP contribution in [0.1, 0.15) is 11.1 Å². The molecule has 3 nitrogen and oxygen atoms in total. The predicted molar refractivity (Wildman–Crippen MR) is 78.6 cm³/mol. The van der Waals surface area contributed by atoms with Crippen molar-refractivity contribution >= 4 is 17.6 Å². The molecule has 1 saturated heterocycles. The highest BCUT2D eigenvalue weighted by atomic mass is 16.6. The number of hydrogen-bond acceptors (Lipinski definition) is 2. The number of carbonyl (C=O) groups is 1. The lowest BCUT2D eigenvalue weighted by Crippen LogP contribution is -2.27. The smallest absolute Gasteiger partial charge is 0.253 e. The van der Waals surface area contributed by atoms with Gasteiger partial charge in [0.1, 0.15) is 0 Å². The first-order chi connectivity index (χ1) is 9.83. The molecule has 0 spiro atoms. The lowest BCUT2D eigenvalue weighted by molar-refractivity contribution is -0.116. The van der Waals surface area contributed by atoms with Gasteiger partial charge in [0, 0.05) is 5.57 Å². The molecule has 1 amide bonds.